The van der Waals surface area contributed by atoms with Crippen molar-refractivity contribution in [2.24, 2.45) is 5.73 Å². The number of rotatable bonds is 5. The highest BCUT2D eigenvalue weighted by molar-refractivity contribution is 5.81. The fourth-order valence-electron chi connectivity index (χ4n) is 1.17. The molecule has 17 heavy (non-hydrogen) atoms. The third kappa shape index (κ3) is 4.52. The minimum Gasteiger partial charge on any atom is -0.508 e. The Morgan fingerprint density at radius 3 is 2.41 bits per heavy atom. The summed E-state index contributed by atoms with van der Waals surface area (Å²) in [6, 6.07) is 6.17. The van der Waals surface area contributed by atoms with Gasteiger partial charge in [0.2, 0.25) is 11.8 Å². The van der Waals surface area contributed by atoms with Gasteiger partial charge in [0.05, 0.1) is 13.0 Å². The van der Waals surface area contributed by atoms with E-state index in [0.717, 1.165) is 0 Å². The second-order valence-electron chi connectivity index (χ2n) is 3.57. The van der Waals surface area contributed by atoms with Gasteiger partial charge in [-0.15, -0.1) is 0 Å². The molecule has 0 fully saturated rings. The lowest BCUT2D eigenvalue weighted by molar-refractivity contribution is -0.126. The molecule has 0 bridgehead atoms. The van der Waals surface area contributed by atoms with E-state index in [0.29, 0.717) is 5.56 Å². The molecule has 0 aliphatic heterocycles. The SMILES string of the molecule is NC(=O)C(O)CNC(=O)Cc1ccc(O)cc1. The summed E-state index contributed by atoms with van der Waals surface area (Å²) in [6.45, 7) is -0.202. The Labute approximate surface area is 98.1 Å². The number of benzene rings is 1. The van der Waals surface area contributed by atoms with Crippen molar-refractivity contribution in [3.63, 3.8) is 0 Å². The quantitative estimate of drug-likeness (QED) is 0.521. The lowest BCUT2D eigenvalue weighted by Gasteiger charge is -2.08. The molecule has 0 aromatic heterocycles. The Balaban J connectivity index is 2.39. The molecule has 0 saturated heterocycles. The van der Waals surface area contributed by atoms with E-state index in [1.165, 1.54) is 12.1 Å². The highest BCUT2D eigenvalue weighted by atomic mass is 16.3. The number of aliphatic hydroxyl groups is 1. The first-order valence-electron chi connectivity index (χ1n) is 5.01. The van der Waals surface area contributed by atoms with Gasteiger partial charge in [-0.2, -0.15) is 0 Å². The molecule has 2 amide bonds. The number of hydrogen-bond acceptors (Lipinski definition) is 4. The molecule has 0 saturated carbocycles. The summed E-state index contributed by atoms with van der Waals surface area (Å²) >= 11 is 0. The minimum atomic E-state index is -1.38. The Hall–Kier alpha value is -2.08. The summed E-state index contributed by atoms with van der Waals surface area (Å²) in [5.41, 5.74) is 5.54. The summed E-state index contributed by atoms with van der Waals surface area (Å²) in [6.07, 6.45) is -1.27. The minimum absolute atomic E-state index is 0.103. The molecular formula is C11H14N2O4. The number of primary amides is 1. The molecule has 5 N–H and O–H groups in total. The van der Waals surface area contributed by atoms with Crippen LogP contribution in [0.25, 0.3) is 0 Å². The normalized spacial score (nSPS) is 11.8. The van der Waals surface area contributed by atoms with E-state index < -0.39 is 12.0 Å². The number of nitrogens with one attached hydrogen (secondary N) is 1. The first-order chi connectivity index (χ1) is 7.99. The number of phenols is 1. The number of aromatic hydroxyl groups is 1. The number of aliphatic hydroxyl groups excluding tert-OH is 1. The maximum Gasteiger partial charge on any atom is 0.248 e. The van der Waals surface area contributed by atoms with Gasteiger partial charge in [0.1, 0.15) is 11.9 Å². The van der Waals surface area contributed by atoms with Crippen molar-refractivity contribution in [1.82, 2.24) is 5.32 Å². The highest BCUT2D eigenvalue weighted by Crippen LogP contribution is 2.09. The van der Waals surface area contributed by atoms with Crippen molar-refractivity contribution in [1.29, 1.82) is 0 Å². The van der Waals surface area contributed by atoms with Crippen LogP contribution in [-0.2, 0) is 16.0 Å². The number of carbonyl (C=O) groups excluding carboxylic acids is 2. The average Bonchev–Trinajstić information content (AvgIpc) is 2.29. The summed E-state index contributed by atoms with van der Waals surface area (Å²) in [7, 11) is 0. The summed E-state index contributed by atoms with van der Waals surface area (Å²) in [5.74, 6) is -1.09. The molecule has 6 nitrogen and oxygen atoms in total. The monoisotopic (exact) mass is 238 g/mol. The summed E-state index contributed by atoms with van der Waals surface area (Å²) in [4.78, 5) is 21.9. The molecule has 1 atom stereocenters. The zero-order valence-electron chi connectivity index (χ0n) is 9.09. The van der Waals surface area contributed by atoms with Crippen molar-refractivity contribution in [3.05, 3.63) is 29.8 Å². The fraction of sp³-hybridized carbons (Fsp3) is 0.273. The third-order valence-corrected chi connectivity index (χ3v) is 2.12. The highest BCUT2D eigenvalue weighted by Gasteiger charge is 2.12. The lowest BCUT2D eigenvalue weighted by Crippen LogP contribution is -2.40. The van der Waals surface area contributed by atoms with Crippen LogP contribution in [0.15, 0.2) is 24.3 Å². The van der Waals surface area contributed by atoms with Gasteiger partial charge in [-0.25, -0.2) is 0 Å². The van der Waals surface area contributed by atoms with Crippen LogP contribution in [0.2, 0.25) is 0 Å². The van der Waals surface area contributed by atoms with E-state index in [9.17, 15) is 9.59 Å². The first-order valence-corrected chi connectivity index (χ1v) is 5.01. The molecule has 1 rings (SSSR count). The van der Waals surface area contributed by atoms with E-state index >= 15 is 0 Å². The van der Waals surface area contributed by atoms with Crippen LogP contribution >= 0.6 is 0 Å². The van der Waals surface area contributed by atoms with Gasteiger partial charge in [0.25, 0.3) is 0 Å². The predicted molar refractivity (Wildman–Crippen MR) is 60.0 cm³/mol. The van der Waals surface area contributed by atoms with Gasteiger partial charge >= 0.3 is 0 Å². The molecule has 1 unspecified atom stereocenters. The van der Waals surface area contributed by atoms with E-state index in [1.807, 2.05) is 0 Å². The number of hydrogen-bond donors (Lipinski definition) is 4. The van der Waals surface area contributed by atoms with Gasteiger partial charge in [-0.1, -0.05) is 12.1 Å². The molecule has 0 spiro atoms. The smallest absolute Gasteiger partial charge is 0.248 e. The zero-order chi connectivity index (χ0) is 12.8. The number of phenolic OH excluding ortho intramolecular Hbond substituents is 1. The zero-order valence-corrected chi connectivity index (χ0v) is 9.09. The largest absolute Gasteiger partial charge is 0.508 e. The molecule has 0 aliphatic rings. The van der Waals surface area contributed by atoms with Crippen LogP contribution < -0.4 is 11.1 Å². The molecule has 92 valence electrons. The van der Waals surface area contributed by atoms with Crippen molar-refractivity contribution < 1.29 is 19.8 Å². The van der Waals surface area contributed by atoms with Crippen LogP contribution in [0.1, 0.15) is 5.56 Å². The van der Waals surface area contributed by atoms with Crippen molar-refractivity contribution >= 4 is 11.8 Å². The Kier molecular flexibility index (Phi) is 4.47. The predicted octanol–water partition coefficient (Wildman–Crippen LogP) is -1.10. The number of carbonyl (C=O) groups is 2. The van der Waals surface area contributed by atoms with E-state index in [-0.39, 0.29) is 24.6 Å². The molecule has 0 aliphatic carbocycles. The van der Waals surface area contributed by atoms with E-state index in [2.05, 4.69) is 5.32 Å². The average molecular weight is 238 g/mol. The number of amides is 2. The summed E-state index contributed by atoms with van der Waals surface area (Å²) < 4.78 is 0. The summed E-state index contributed by atoms with van der Waals surface area (Å²) in [5, 5.41) is 20.5. The van der Waals surface area contributed by atoms with E-state index in [4.69, 9.17) is 15.9 Å². The van der Waals surface area contributed by atoms with Crippen molar-refractivity contribution in [2.45, 2.75) is 12.5 Å². The standard InChI is InChI=1S/C11H14N2O4/c12-11(17)9(15)6-13-10(16)5-7-1-3-8(14)4-2-7/h1-4,9,14-15H,5-6H2,(H2,12,17)(H,13,16). The van der Waals surface area contributed by atoms with E-state index in [1.54, 1.807) is 12.1 Å². The van der Waals surface area contributed by atoms with Crippen molar-refractivity contribution in [3.8, 4) is 5.75 Å². The molecular weight excluding hydrogens is 224 g/mol. The third-order valence-electron chi connectivity index (χ3n) is 2.12. The Morgan fingerprint density at radius 2 is 1.88 bits per heavy atom. The van der Waals surface area contributed by atoms with Gasteiger partial charge < -0.3 is 21.3 Å². The maximum absolute atomic E-state index is 11.4. The van der Waals surface area contributed by atoms with Gasteiger partial charge in [-0.05, 0) is 17.7 Å². The molecule has 1 aromatic rings. The van der Waals surface area contributed by atoms with Gasteiger partial charge in [-0.3, -0.25) is 9.59 Å². The van der Waals surface area contributed by atoms with Crippen molar-refractivity contribution in [2.75, 3.05) is 6.54 Å². The Morgan fingerprint density at radius 1 is 1.29 bits per heavy atom. The lowest BCUT2D eigenvalue weighted by atomic mass is 10.1. The second-order valence-corrected chi connectivity index (χ2v) is 3.57. The number of nitrogens with two attached hydrogens (primary N) is 1. The first kappa shape index (κ1) is 13.0. The van der Waals surface area contributed by atoms with Crippen LogP contribution in [0.3, 0.4) is 0 Å². The van der Waals surface area contributed by atoms with Crippen LogP contribution in [-0.4, -0.2) is 34.7 Å². The molecule has 0 heterocycles. The van der Waals surface area contributed by atoms with Gasteiger partial charge in [0.15, 0.2) is 0 Å². The molecule has 6 heteroatoms. The topological polar surface area (TPSA) is 113 Å². The maximum atomic E-state index is 11.4. The Bertz CT molecular complexity index is 402. The molecule has 1 aromatic carbocycles. The second kappa shape index (κ2) is 5.86. The fourth-order valence-corrected chi connectivity index (χ4v) is 1.17. The molecule has 0 radical (unpaired) electrons. The van der Waals surface area contributed by atoms with Gasteiger partial charge in [0, 0.05) is 0 Å². The van der Waals surface area contributed by atoms with Crippen LogP contribution in [0.5, 0.6) is 5.75 Å². The van der Waals surface area contributed by atoms with Crippen LogP contribution in [0, 0.1) is 0 Å². The van der Waals surface area contributed by atoms with Crippen LogP contribution in [0.4, 0.5) is 0 Å².